The SMILES string of the molecule is O=Cc1ccc(OCC(O)CN(Cc2ccco2)Cc2ccccc2Cl)cc1. The van der Waals surface area contributed by atoms with Crippen LogP contribution < -0.4 is 4.74 Å². The summed E-state index contributed by atoms with van der Waals surface area (Å²) >= 11 is 6.29. The van der Waals surface area contributed by atoms with Gasteiger partial charge in [-0.05, 0) is 48.0 Å². The van der Waals surface area contributed by atoms with Gasteiger partial charge in [-0.25, -0.2) is 0 Å². The van der Waals surface area contributed by atoms with Crippen LogP contribution in [0.2, 0.25) is 5.02 Å². The molecule has 146 valence electrons. The number of furan rings is 1. The molecule has 0 aliphatic carbocycles. The van der Waals surface area contributed by atoms with Crippen LogP contribution in [0.25, 0.3) is 0 Å². The van der Waals surface area contributed by atoms with E-state index in [2.05, 4.69) is 4.90 Å². The third kappa shape index (κ3) is 5.96. The molecule has 0 saturated heterocycles. The number of halogens is 1. The zero-order valence-corrected chi connectivity index (χ0v) is 16.1. The monoisotopic (exact) mass is 399 g/mol. The van der Waals surface area contributed by atoms with Gasteiger partial charge in [-0.1, -0.05) is 29.8 Å². The van der Waals surface area contributed by atoms with Crippen LogP contribution in [0.1, 0.15) is 21.7 Å². The van der Waals surface area contributed by atoms with Crippen molar-refractivity contribution >= 4 is 17.9 Å². The minimum atomic E-state index is -0.705. The van der Waals surface area contributed by atoms with Crippen molar-refractivity contribution in [1.82, 2.24) is 4.90 Å². The van der Waals surface area contributed by atoms with E-state index in [1.807, 2.05) is 36.4 Å². The molecule has 1 N–H and O–H groups in total. The zero-order valence-electron chi connectivity index (χ0n) is 15.3. The lowest BCUT2D eigenvalue weighted by atomic mass is 10.2. The lowest BCUT2D eigenvalue weighted by molar-refractivity contribution is 0.0604. The van der Waals surface area contributed by atoms with E-state index in [0.29, 0.717) is 36.0 Å². The van der Waals surface area contributed by atoms with Crippen molar-refractivity contribution in [3.8, 4) is 5.75 Å². The topological polar surface area (TPSA) is 62.9 Å². The Morgan fingerprint density at radius 3 is 2.54 bits per heavy atom. The van der Waals surface area contributed by atoms with Crippen LogP contribution in [0, 0.1) is 0 Å². The maximum absolute atomic E-state index is 10.7. The summed E-state index contributed by atoms with van der Waals surface area (Å²) < 4.78 is 11.1. The number of ether oxygens (including phenoxy) is 1. The summed E-state index contributed by atoms with van der Waals surface area (Å²) in [7, 11) is 0. The Kier molecular flexibility index (Phi) is 7.25. The standard InChI is InChI=1S/C22H22ClNO4/c23-22-6-2-1-4-18(22)12-24(14-21-5-3-11-27-21)13-19(26)16-28-20-9-7-17(15-25)8-10-20/h1-11,15,19,26H,12-14,16H2. The molecule has 0 fully saturated rings. The number of hydrogen-bond donors (Lipinski definition) is 1. The van der Waals surface area contributed by atoms with Crippen molar-refractivity contribution in [2.45, 2.75) is 19.2 Å². The van der Waals surface area contributed by atoms with E-state index in [1.165, 1.54) is 0 Å². The molecule has 28 heavy (non-hydrogen) atoms. The molecule has 3 rings (SSSR count). The number of aliphatic hydroxyl groups excluding tert-OH is 1. The van der Waals surface area contributed by atoms with Gasteiger partial charge < -0.3 is 14.3 Å². The van der Waals surface area contributed by atoms with Gasteiger partial charge in [0.25, 0.3) is 0 Å². The molecular weight excluding hydrogens is 378 g/mol. The molecule has 5 nitrogen and oxygen atoms in total. The van der Waals surface area contributed by atoms with Crippen molar-refractivity contribution in [3.05, 3.63) is 88.8 Å². The van der Waals surface area contributed by atoms with Gasteiger partial charge in [0.1, 0.15) is 30.5 Å². The minimum absolute atomic E-state index is 0.137. The number of rotatable bonds is 10. The molecule has 0 spiro atoms. The summed E-state index contributed by atoms with van der Waals surface area (Å²) in [6.45, 7) is 1.64. The first-order valence-electron chi connectivity index (χ1n) is 8.98. The van der Waals surface area contributed by atoms with Crippen LogP contribution in [0.15, 0.2) is 71.3 Å². The largest absolute Gasteiger partial charge is 0.491 e. The van der Waals surface area contributed by atoms with Gasteiger partial charge in [0.15, 0.2) is 0 Å². The fraction of sp³-hybridized carbons (Fsp3) is 0.227. The highest BCUT2D eigenvalue weighted by Crippen LogP contribution is 2.19. The van der Waals surface area contributed by atoms with Crippen molar-refractivity contribution < 1.29 is 19.1 Å². The number of aliphatic hydroxyl groups is 1. The number of nitrogens with zero attached hydrogens (tertiary/aromatic N) is 1. The Morgan fingerprint density at radius 2 is 1.86 bits per heavy atom. The van der Waals surface area contributed by atoms with E-state index in [4.69, 9.17) is 20.8 Å². The molecule has 0 aliphatic heterocycles. The molecule has 0 amide bonds. The molecule has 6 heteroatoms. The van der Waals surface area contributed by atoms with Crippen LogP contribution in [0.5, 0.6) is 5.75 Å². The van der Waals surface area contributed by atoms with Crippen LogP contribution in [-0.4, -0.2) is 35.5 Å². The van der Waals surface area contributed by atoms with E-state index >= 15 is 0 Å². The van der Waals surface area contributed by atoms with Gasteiger partial charge >= 0.3 is 0 Å². The maximum Gasteiger partial charge on any atom is 0.150 e. The Balaban J connectivity index is 1.60. The van der Waals surface area contributed by atoms with Gasteiger partial charge in [0, 0.05) is 23.7 Å². The summed E-state index contributed by atoms with van der Waals surface area (Å²) in [5.41, 5.74) is 1.56. The highest BCUT2D eigenvalue weighted by Gasteiger charge is 2.16. The summed E-state index contributed by atoms with van der Waals surface area (Å²) in [6.07, 6.45) is 1.70. The summed E-state index contributed by atoms with van der Waals surface area (Å²) in [6, 6.07) is 18.2. The number of carbonyl (C=O) groups is 1. The van der Waals surface area contributed by atoms with Crippen LogP contribution in [-0.2, 0) is 13.1 Å². The molecule has 0 aliphatic rings. The molecular formula is C22H22ClNO4. The van der Waals surface area contributed by atoms with Crippen molar-refractivity contribution in [2.75, 3.05) is 13.2 Å². The van der Waals surface area contributed by atoms with Gasteiger partial charge in [-0.3, -0.25) is 9.69 Å². The van der Waals surface area contributed by atoms with E-state index in [9.17, 15) is 9.90 Å². The molecule has 1 heterocycles. The number of benzene rings is 2. The molecule has 0 radical (unpaired) electrons. The predicted molar refractivity (Wildman–Crippen MR) is 108 cm³/mol. The van der Waals surface area contributed by atoms with Gasteiger partial charge in [-0.2, -0.15) is 0 Å². The second kappa shape index (κ2) is 10.1. The van der Waals surface area contributed by atoms with E-state index in [-0.39, 0.29) is 6.61 Å². The van der Waals surface area contributed by atoms with Crippen molar-refractivity contribution in [2.24, 2.45) is 0 Å². The molecule has 3 aromatic rings. The lowest BCUT2D eigenvalue weighted by Gasteiger charge is -2.25. The molecule has 1 aromatic heterocycles. The Hall–Kier alpha value is -2.60. The van der Waals surface area contributed by atoms with Crippen LogP contribution in [0.4, 0.5) is 0 Å². The second-order valence-electron chi connectivity index (χ2n) is 6.49. The number of hydrogen-bond acceptors (Lipinski definition) is 5. The summed E-state index contributed by atoms with van der Waals surface area (Å²) in [5.74, 6) is 1.41. The molecule has 0 saturated carbocycles. The average molecular weight is 400 g/mol. The van der Waals surface area contributed by atoms with E-state index < -0.39 is 6.10 Å². The normalized spacial score (nSPS) is 12.1. The van der Waals surface area contributed by atoms with E-state index in [1.54, 1.807) is 30.5 Å². The fourth-order valence-corrected chi connectivity index (χ4v) is 3.06. The van der Waals surface area contributed by atoms with Gasteiger partial charge in [0.2, 0.25) is 0 Å². The number of aldehydes is 1. The maximum atomic E-state index is 10.7. The first-order chi connectivity index (χ1) is 13.6. The Morgan fingerprint density at radius 1 is 1.07 bits per heavy atom. The van der Waals surface area contributed by atoms with Crippen molar-refractivity contribution in [1.29, 1.82) is 0 Å². The van der Waals surface area contributed by atoms with Gasteiger partial charge in [-0.15, -0.1) is 0 Å². The van der Waals surface area contributed by atoms with Crippen molar-refractivity contribution in [3.63, 3.8) is 0 Å². The number of carbonyl (C=O) groups excluding carboxylic acids is 1. The first-order valence-corrected chi connectivity index (χ1v) is 9.36. The molecule has 1 unspecified atom stereocenters. The first kappa shape index (κ1) is 20.1. The highest BCUT2D eigenvalue weighted by atomic mass is 35.5. The Bertz CT molecular complexity index is 865. The van der Waals surface area contributed by atoms with E-state index in [0.717, 1.165) is 17.6 Å². The van der Waals surface area contributed by atoms with Crippen LogP contribution >= 0.6 is 11.6 Å². The molecule has 0 bridgehead atoms. The average Bonchev–Trinajstić information content (AvgIpc) is 3.21. The summed E-state index contributed by atoms with van der Waals surface area (Å²) in [4.78, 5) is 12.8. The highest BCUT2D eigenvalue weighted by molar-refractivity contribution is 6.31. The third-order valence-electron chi connectivity index (χ3n) is 4.24. The smallest absolute Gasteiger partial charge is 0.150 e. The zero-order chi connectivity index (χ0) is 19.8. The fourth-order valence-electron chi connectivity index (χ4n) is 2.86. The lowest BCUT2D eigenvalue weighted by Crippen LogP contribution is -2.35. The van der Waals surface area contributed by atoms with Crippen LogP contribution in [0.3, 0.4) is 0 Å². The molecule has 2 aromatic carbocycles. The quantitative estimate of drug-likeness (QED) is 0.518. The third-order valence-corrected chi connectivity index (χ3v) is 4.61. The minimum Gasteiger partial charge on any atom is -0.491 e. The molecule has 1 atom stereocenters. The van der Waals surface area contributed by atoms with Gasteiger partial charge in [0.05, 0.1) is 12.8 Å². The Labute approximate surface area is 169 Å². The predicted octanol–water partition coefficient (Wildman–Crippen LogP) is 4.19. The summed E-state index contributed by atoms with van der Waals surface area (Å²) in [5, 5.41) is 11.2. The second-order valence-corrected chi connectivity index (χ2v) is 6.90.